The number of nitrogens with two attached hydrogens (primary N) is 1. The molecule has 2 N–H and O–H groups in total. The van der Waals surface area contributed by atoms with Crippen molar-refractivity contribution in [1.29, 1.82) is 0 Å². The standard InChI is InChI=1S/C14H19N5/c1-9-6-13-14(16-4-5-19(13)17-9)18-7-10-2-3-12(15)11(10)8-18/h4-6,10-12H,2-3,7-8,15H2,1H3. The topological polar surface area (TPSA) is 59.5 Å². The fourth-order valence-corrected chi connectivity index (χ4v) is 3.75. The number of fused-ring (bicyclic) bond motifs is 2. The number of hydrogen-bond donors (Lipinski definition) is 1. The molecule has 0 spiro atoms. The molecule has 0 radical (unpaired) electrons. The van der Waals surface area contributed by atoms with E-state index < -0.39 is 0 Å². The van der Waals surface area contributed by atoms with Gasteiger partial charge in [0.05, 0.1) is 5.69 Å². The Hall–Kier alpha value is -1.62. The highest BCUT2D eigenvalue weighted by Crippen LogP contribution is 2.39. The van der Waals surface area contributed by atoms with Crippen LogP contribution in [0.5, 0.6) is 0 Å². The first-order chi connectivity index (χ1) is 9.22. The number of nitrogens with zero attached hydrogens (tertiary/aromatic N) is 4. The Balaban J connectivity index is 1.72. The van der Waals surface area contributed by atoms with E-state index in [-0.39, 0.29) is 0 Å². The van der Waals surface area contributed by atoms with Gasteiger partial charge in [-0.25, -0.2) is 9.50 Å². The van der Waals surface area contributed by atoms with Crippen LogP contribution < -0.4 is 10.6 Å². The van der Waals surface area contributed by atoms with Crippen molar-refractivity contribution in [3.8, 4) is 0 Å². The van der Waals surface area contributed by atoms with Crippen molar-refractivity contribution in [2.75, 3.05) is 18.0 Å². The Labute approximate surface area is 112 Å². The zero-order valence-corrected chi connectivity index (χ0v) is 11.2. The smallest absolute Gasteiger partial charge is 0.154 e. The second-order valence-electron chi connectivity index (χ2n) is 5.94. The Kier molecular flexibility index (Phi) is 2.33. The Bertz CT molecular complexity index is 619. The van der Waals surface area contributed by atoms with Crippen LogP contribution in [0, 0.1) is 18.8 Å². The third-order valence-electron chi connectivity index (χ3n) is 4.70. The molecular weight excluding hydrogens is 238 g/mol. The van der Waals surface area contributed by atoms with E-state index in [4.69, 9.17) is 5.73 Å². The number of aromatic nitrogens is 3. The zero-order chi connectivity index (χ0) is 13.0. The van der Waals surface area contributed by atoms with Crippen molar-refractivity contribution >= 4 is 11.3 Å². The van der Waals surface area contributed by atoms with Crippen LogP contribution in [-0.2, 0) is 0 Å². The zero-order valence-electron chi connectivity index (χ0n) is 11.2. The van der Waals surface area contributed by atoms with E-state index >= 15 is 0 Å². The van der Waals surface area contributed by atoms with Gasteiger partial charge in [-0.15, -0.1) is 0 Å². The molecule has 1 aliphatic carbocycles. The fourth-order valence-electron chi connectivity index (χ4n) is 3.75. The second kappa shape index (κ2) is 3.93. The number of hydrogen-bond acceptors (Lipinski definition) is 4. The fraction of sp³-hybridized carbons (Fsp3) is 0.571. The monoisotopic (exact) mass is 257 g/mol. The lowest BCUT2D eigenvalue weighted by molar-refractivity contribution is 0.453. The van der Waals surface area contributed by atoms with Crippen LogP contribution in [0.3, 0.4) is 0 Å². The maximum Gasteiger partial charge on any atom is 0.154 e. The van der Waals surface area contributed by atoms with Crippen LogP contribution in [0.25, 0.3) is 5.52 Å². The lowest BCUT2D eigenvalue weighted by atomic mass is 9.98. The first kappa shape index (κ1) is 11.2. The highest BCUT2D eigenvalue weighted by atomic mass is 15.3. The molecule has 1 saturated carbocycles. The second-order valence-corrected chi connectivity index (χ2v) is 5.94. The van der Waals surface area contributed by atoms with Crippen molar-refractivity contribution < 1.29 is 0 Å². The molecular formula is C14H19N5. The predicted octanol–water partition coefficient (Wildman–Crippen LogP) is 1.21. The molecule has 0 amide bonds. The van der Waals surface area contributed by atoms with Crippen molar-refractivity contribution in [2.45, 2.75) is 25.8 Å². The van der Waals surface area contributed by atoms with Crippen LogP contribution in [0.2, 0.25) is 0 Å². The van der Waals surface area contributed by atoms with Crippen LogP contribution in [0.1, 0.15) is 18.5 Å². The Morgan fingerprint density at radius 3 is 3.05 bits per heavy atom. The van der Waals surface area contributed by atoms with Gasteiger partial charge in [0.2, 0.25) is 0 Å². The van der Waals surface area contributed by atoms with E-state index in [1.165, 1.54) is 12.8 Å². The molecule has 3 atom stereocenters. The van der Waals surface area contributed by atoms with Gasteiger partial charge in [-0.05, 0) is 37.7 Å². The number of rotatable bonds is 1. The maximum atomic E-state index is 6.21. The molecule has 5 heteroatoms. The van der Waals surface area contributed by atoms with Gasteiger partial charge in [0.15, 0.2) is 5.82 Å². The molecule has 5 nitrogen and oxygen atoms in total. The van der Waals surface area contributed by atoms with Crippen LogP contribution in [-0.4, -0.2) is 33.7 Å². The summed E-state index contributed by atoms with van der Waals surface area (Å²) in [6.45, 7) is 4.16. The number of aryl methyl sites for hydroxylation is 1. The lowest BCUT2D eigenvalue weighted by Gasteiger charge is -2.20. The third kappa shape index (κ3) is 1.64. The summed E-state index contributed by atoms with van der Waals surface area (Å²) >= 11 is 0. The molecule has 19 heavy (non-hydrogen) atoms. The van der Waals surface area contributed by atoms with Crippen LogP contribution in [0.15, 0.2) is 18.5 Å². The summed E-state index contributed by atoms with van der Waals surface area (Å²) in [7, 11) is 0. The van der Waals surface area contributed by atoms with E-state index in [9.17, 15) is 0 Å². The molecule has 2 aliphatic rings. The summed E-state index contributed by atoms with van der Waals surface area (Å²) in [5, 5.41) is 4.46. The predicted molar refractivity (Wildman–Crippen MR) is 74.1 cm³/mol. The highest BCUT2D eigenvalue weighted by molar-refractivity contribution is 5.69. The average Bonchev–Trinajstić information content (AvgIpc) is 3.04. The first-order valence-electron chi connectivity index (χ1n) is 7.04. The van der Waals surface area contributed by atoms with Crippen molar-refractivity contribution in [1.82, 2.24) is 14.6 Å². The van der Waals surface area contributed by atoms with Gasteiger partial charge in [-0.3, -0.25) is 0 Å². The van der Waals surface area contributed by atoms with E-state index in [0.717, 1.165) is 36.0 Å². The molecule has 3 heterocycles. The summed E-state index contributed by atoms with van der Waals surface area (Å²) in [6.07, 6.45) is 6.20. The van der Waals surface area contributed by atoms with Gasteiger partial charge in [-0.1, -0.05) is 0 Å². The highest BCUT2D eigenvalue weighted by Gasteiger charge is 2.41. The van der Waals surface area contributed by atoms with Gasteiger partial charge in [0.1, 0.15) is 5.52 Å². The quantitative estimate of drug-likeness (QED) is 0.834. The van der Waals surface area contributed by atoms with E-state index in [2.05, 4.69) is 21.0 Å². The van der Waals surface area contributed by atoms with Crippen LogP contribution in [0.4, 0.5) is 5.82 Å². The molecule has 3 unspecified atom stereocenters. The van der Waals surface area contributed by atoms with E-state index in [1.54, 1.807) is 0 Å². The van der Waals surface area contributed by atoms with Crippen LogP contribution >= 0.6 is 0 Å². The summed E-state index contributed by atoms with van der Waals surface area (Å²) < 4.78 is 1.92. The Morgan fingerprint density at radius 1 is 1.32 bits per heavy atom. The van der Waals surface area contributed by atoms with Gasteiger partial charge in [0.25, 0.3) is 0 Å². The number of anilines is 1. The van der Waals surface area contributed by atoms with Gasteiger partial charge in [0, 0.05) is 31.5 Å². The lowest BCUT2D eigenvalue weighted by Crippen LogP contribution is -2.30. The first-order valence-corrected chi connectivity index (χ1v) is 7.04. The molecule has 0 bridgehead atoms. The molecule has 100 valence electrons. The van der Waals surface area contributed by atoms with Crippen molar-refractivity contribution in [3.63, 3.8) is 0 Å². The summed E-state index contributed by atoms with van der Waals surface area (Å²) in [5.74, 6) is 2.46. The molecule has 2 aromatic heterocycles. The molecule has 2 aromatic rings. The minimum absolute atomic E-state index is 0.376. The minimum Gasteiger partial charge on any atom is -0.354 e. The van der Waals surface area contributed by atoms with Gasteiger partial charge in [-0.2, -0.15) is 5.10 Å². The molecule has 1 saturated heterocycles. The Morgan fingerprint density at radius 2 is 2.21 bits per heavy atom. The van der Waals surface area contributed by atoms with E-state index in [0.29, 0.717) is 12.0 Å². The van der Waals surface area contributed by atoms with Crippen molar-refractivity contribution in [2.24, 2.45) is 17.6 Å². The van der Waals surface area contributed by atoms with Crippen molar-refractivity contribution in [3.05, 3.63) is 24.2 Å². The van der Waals surface area contributed by atoms with Gasteiger partial charge >= 0.3 is 0 Å². The molecule has 1 aliphatic heterocycles. The van der Waals surface area contributed by atoms with Gasteiger partial charge < -0.3 is 10.6 Å². The third-order valence-corrected chi connectivity index (χ3v) is 4.70. The van der Waals surface area contributed by atoms with E-state index in [1.807, 2.05) is 23.8 Å². The maximum absolute atomic E-state index is 6.21. The SMILES string of the molecule is Cc1cc2c(N3CC4CCC(N)C4C3)nccn2n1. The average molecular weight is 257 g/mol. The molecule has 4 rings (SSSR count). The summed E-state index contributed by atoms with van der Waals surface area (Å²) in [6, 6.07) is 2.48. The normalized spacial score (nSPS) is 30.2. The summed E-state index contributed by atoms with van der Waals surface area (Å²) in [5.41, 5.74) is 8.35. The molecule has 0 aromatic carbocycles. The molecule has 2 fully saturated rings. The minimum atomic E-state index is 0.376. The largest absolute Gasteiger partial charge is 0.354 e. The summed E-state index contributed by atoms with van der Waals surface area (Å²) in [4.78, 5) is 6.97.